The van der Waals surface area contributed by atoms with Gasteiger partial charge < -0.3 is 25.2 Å². The van der Waals surface area contributed by atoms with E-state index in [1.54, 1.807) is 6.08 Å². The van der Waals surface area contributed by atoms with Crippen molar-refractivity contribution in [1.82, 2.24) is 0 Å². The number of carbonyl (C=O) groups is 2. The molecule has 0 bridgehead atoms. The van der Waals surface area contributed by atoms with Gasteiger partial charge in [-0.15, -0.1) is 0 Å². The van der Waals surface area contributed by atoms with Gasteiger partial charge in [0.25, 0.3) is 0 Å². The Morgan fingerprint density at radius 2 is 1.23 bits per heavy atom. The fourth-order valence-corrected chi connectivity index (χ4v) is 5.97. The zero-order valence-electron chi connectivity index (χ0n) is 34.7. The summed E-state index contributed by atoms with van der Waals surface area (Å²) in [4.78, 5) is 34.8. The molecule has 10 nitrogen and oxygen atoms in total. The van der Waals surface area contributed by atoms with Crippen LogP contribution in [0.3, 0.4) is 0 Å². The molecule has 320 valence electrons. The summed E-state index contributed by atoms with van der Waals surface area (Å²) < 4.78 is 32.6. The van der Waals surface area contributed by atoms with Crippen LogP contribution in [0, 0.1) is 0 Å². The van der Waals surface area contributed by atoms with E-state index < -0.39 is 38.6 Å². The van der Waals surface area contributed by atoms with Crippen molar-refractivity contribution in [3.05, 3.63) is 85.1 Å². The first-order valence-electron chi connectivity index (χ1n) is 21.2. The van der Waals surface area contributed by atoms with Crippen LogP contribution in [-0.2, 0) is 32.7 Å². The minimum absolute atomic E-state index is 0.0301. The lowest BCUT2D eigenvalue weighted by atomic mass is 10.1. The molecule has 3 atom stereocenters. The maximum atomic E-state index is 12.5. The Hall–Kier alpha value is -2.85. The maximum Gasteiger partial charge on any atom is 0.472 e. The molecule has 0 spiro atoms. The molecule has 0 aromatic rings. The van der Waals surface area contributed by atoms with Gasteiger partial charge >= 0.3 is 19.8 Å². The first kappa shape index (κ1) is 53.1. The van der Waals surface area contributed by atoms with Crippen LogP contribution in [0.1, 0.15) is 149 Å². The molecule has 0 saturated carbocycles. The van der Waals surface area contributed by atoms with Crippen LogP contribution in [0.15, 0.2) is 85.1 Å². The second kappa shape index (κ2) is 40.4. The molecular weight excluding hydrogens is 729 g/mol. The second-order valence-electron chi connectivity index (χ2n) is 13.7. The Balaban J connectivity index is 4.37. The molecule has 0 rings (SSSR count). The van der Waals surface area contributed by atoms with Crippen LogP contribution in [-0.4, -0.2) is 60.5 Å². The molecule has 2 unspecified atom stereocenters. The van der Waals surface area contributed by atoms with E-state index in [-0.39, 0.29) is 32.6 Å². The molecule has 0 aromatic heterocycles. The largest absolute Gasteiger partial charge is 0.472 e. The van der Waals surface area contributed by atoms with Crippen molar-refractivity contribution in [3.8, 4) is 0 Å². The SMILES string of the molecule is CC/C=C\CC(O)/C=C/C=C/C/C=C\C/C=C\C/C=C\CCC(=O)O[C@H](COC(=O)CCCCCCC/C=C\CCCCCCCC)COP(=O)(O)OCCN. The standard InChI is InChI=1S/C45H76NO9P/c1-3-5-7-8-9-10-11-12-13-16-19-22-25-28-32-36-44(48)52-40-43(41-54-56(50,51)53-39-38-46)55-45(49)37-33-29-26-23-20-17-14-15-18-21-24-27-31-35-42(47)34-30-6-4-2/h6,12-13,15,17-18,20,24,26-27,29-31,35,42-43,47H,3-5,7-11,14,16,19,21-23,25,28,32-34,36-41,46H2,1-2H3,(H,50,51)/b13-12-,18-15-,20-17-,27-24+,29-26-,30-6-,35-31+/t42?,43-/m1/s1. The van der Waals surface area contributed by atoms with E-state index in [2.05, 4.69) is 44.2 Å². The van der Waals surface area contributed by atoms with Crippen LogP contribution in [0.5, 0.6) is 0 Å². The fourth-order valence-electron chi connectivity index (χ4n) is 5.21. The molecule has 0 amide bonds. The minimum atomic E-state index is -4.41. The van der Waals surface area contributed by atoms with Crippen LogP contribution < -0.4 is 5.73 Å². The topological polar surface area (TPSA) is 155 Å². The molecule has 0 fully saturated rings. The van der Waals surface area contributed by atoms with Crippen molar-refractivity contribution in [2.75, 3.05) is 26.4 Å². The predicted molar refractivity (Wildman–Crippen MR) is 230 cm³/mol. The van der Waals surface area contributed by atoms with Crippen molar-refractivity contribution in [3.63, 3.8) is 0 Å². The lowest BCUT2D eigenvalue weighted by Gasteiger charge is -2.19. The number of allylic oxidation sites excluding steroid dienone is 12. The van der Waals surface area contributed by atoms with E-state index in [9.17, 15) is 24.2 Å². The summed E-state index contributed by atoms with van der Waals surface area (Å²) >= 11 is 0. The Labute approximate surface area is 339 Å². The first-order chi connectivity index (χ1) is 27.2. The van der Waals surface area contributed by atoms with Gasteiger partial charge in [-0.05, 0) is 70.6 Å². The van der Waals surface area contributed by atoms with Gasteiger partial charge in [0.15, 0.2) is 6.10 Å². The van der Waals surface area contributed by atoms with E-state index in [4.69, 9.17) is 24.3 Å². The maximum absolute atomic E-state index is 12.5. The molecule has 0 aliphatic heterocycles. The highest BCUT2D eigenvalue weighted by Gasteiger charge is 2.25. The highest BCUT2D eigenvalue weighted by atomic mass is 31.2. The number of ether oxygens (including phenoxy) is 2. The molecule has 4 N–H and O–H groups in total. The molecule has 11 heteroatoms. The van der Waals surface area contributed by atoms with Crippen molar-refractivity contribution >= 4 is 19.8 Å². The summed E-state index contributed by atoms with van der Waals surface area (Å²) in [5, 5.41) is 9.83. The number of carbonyl (C=O) groups excluding carboxylic acids is 2. The van der Waals surface area contributed by atoms with Gasteiger partial charge in [0.1, 0.15) is 6.61 Å². The van der Waals surface area contributed by atoms with E-state index in [1.165, 1.54) is 44.9 Å². The number of esters is 2. The summed E-state index contributed by atoms with van der Waals surface area (Å²) in [5.74, 6) is -0.966. The summed E-state index contributed by atoms with van der Waals surface area (Å²) in [6, 6.07) is 0. The van der Waals surface area contributed by atoms with Crippen molar-refractivity contribution in [2.45, 2.75) is 161 Å². The number of nitrogens with two attached hydrogens (primary N) is 1. The third-order valence-corrected chi connectivity index (χ3v) is 9.34. The fraction of sp³-hybridized carbons (Fsp3) is 0.644. The van der Waals surface area contributed by atoms with Gasteiger partial charge in [0, 0.05) is 19.4 Å². The summed E-state index contributed by atoms with van der Waals surface area (Å²) in [5.41, 5.74) is 5.33. The molecule has 0 heterocycles. The van der Waals surface area contributed by atoms with E-state index in [0.717, 1.165) is 57.8 Å². The Morgan fingerprint density at radius 3 is 1.88 bits per heavy atom. The van der Waals surface area contributed by atoms with Gasteiger partial charge in [-0.2, -0.15) is 0 Å². The summed E-state index contributed by atoms with van der Waals surface area (Å²) in [6.07, 6.45) is 46.7. The Kier molecular flexibility index (Phi) is 38.3. The average Bonchev–Trinajstić information content (AvgIpc) is 3.18. The van der Waals surface area contributed by atoms with E-state index >= 15 is 0 Å². The Bertz CT molecular complexity index is 1210. The predicted octanol–water partition coefficient (Wildman–Crippen LogP) is 11.0. The summed E-state index contributed by atoms with van der Waals surface area (Å²) in [6.45, 7) is 3.39. The number of rotatable bonds is 38. The van der Waals surface area contributed by atoms with E-state index in [0.29, 0.717) is 19.3 Å². The molecule has 0 aromatic carbocycles. The number of hydrogen-bond donors (Lipinski definition) is 3. The molecule has 0 aliphatic rings. The highest BCUT2D eigenvalue weighted by molar-refractivity contribution is 7.47. The number of phosphoric ester groups is 1. The number of aliphatic hydroxyl groups excluding tert-OH is 1. The lowest BCUT2D eigenvalue weighted by Crippen LogP contribution is -2.29. The number of phosphoric acid groups is 1. The molecule has 0 saturated heterocycles. The van der Waals surface area contributed by atoms with Crippen LogP contribution in [0.2, 0.25) is 0 Å². The number of aliphatic hydroxyl groups is 1. The third kappa shape index (κ3) is 39.4. The quantitative estimate of drug-likeness (QED) is 0.0180. The van der Waals surface area contributed by atoms with E-state index in [1.807, 2.05) is 48.6 Å². The van der Waals surface area contributed by atoms with Crippen LogP contribution in [0.25, 0.3) is 0 Å². The average molecular weight is 806 g/mol. The zero-order valence-corrected chi connectivity index (χ0v) is 35.6. The van der Waals surface area contributed by atoms with Gasteiger partial charge in [-0.3, -0.25) is 18.6 Å². The summed E-state index contributed by atoms with van der Waals surface area (Å²) in [7, 11) is -4.41. The van der Waals surface area contributed by atoms with Gasteiger partial charge in [-0.25, -0.2) is 4.57 Å². The second-order valence-corrected chi connectivity index (χ2v) is 15.1. The third-order valence-electron chi connectivity index (χ3n) is 8.36. The highest BCUT2D eigenvalue weighted by Crippen LogP contribution is 2.43. The van der Waals surface area contributed by atoms with Gasteiger partial charge in [0.05, 0.1) is 19.3 Å². The molecule has 56 heavy (non-hydrogen) atoms. The van der Waals surface area contributed by atoms with Crippen molar-refractivity contribution < 1.29 is 42.7 Å². The van der Waals surface area contributed by atoms with Crippen molar-refractivity contribution in [1.29, 1.82) is 0 Å². The van der Waals surface area contributed by atoms with Gasteiger partial charge in [-0.1, -0.05) is 150 Å². The molecular formula is C45H76NO9P. The molecule has 0 aliphatic carbocycles. The monoisotopic (exact) mass is 806 g/mol. The van der Waals surface area contributed by atoms with Gasteiger partial charge in [0.2, 0.25) is 0 Å². The minimum Gasteiger partial charge on any atom is -0.462 e. The first-order valence-corrected chi connectivity index (χ1v) is 22.7. The normalized spacial score (nSPS) is 14.7. The zero-order chi connectivity index (χ0) is 41.2. The lowest BCUT2D eigenvalue weighted by molar-refractivity contribution is -0.161. The Morgan fingerprint density at radius 1 is 0.643 bits per heavy atom. The van der Waals surface area contributed by atoms with Crippen LogP contribution >= 0.6 is 7.82 Å². The van der Waals surface area contributed by atoms with Crippen molar-refractivity contribution in [2.24, 2.45) is 5.73 Å². The van der Waals surface area contributed by atoms with Crippen LogP contribution in [0.4, 0.5) is 0 Å². The number of hydrogen-bond acceptors (Lipinski definition) is 9. The molecule has 0 radical (unpaired) electrons. The smallest absolute Gasteiger partial charge is 0.462 e. The number of unbranched alkanes of at least 4 members (excludes halogenated alkanes) is 11.